The largest absolute Gasteiger partial charge is 0.481 e. The Morgan fingerprint density at radius 1 is 1.05 bits per heavy atom. The van der Waals surface area contributed by atoms with E-state index in [0.29, 0.717) is 6.42 Å². The standard InChI is InChI=1S/C16H27NO3/c18-14(17-10-7-13-5-1-2-6-13)11-16(12-15(19)20)8-3-4-9-16/h13H,1-12H2,(H,17,18)(H,19,20). The predicted octanol–water partition coefficient (Wildman–Crippen LogP) is 3.11. The van der Waals surface area contributed by atoms with Crippen LogP contribution in [0.4, 0.5) is 0 Å². The number of hydrogen-bond donors (Lipinski definition) is 2. The van der Waals surface area contributed by atoms with Crippen LogP contribution < -0.4 is 5.32 Å². The first-order chi connectivity index (χ1) is 9.60. The Morgan fingerprint density at radius 2 is 1.70 bits per heavy atom. The van der Waals surface area contributed by atoms with Crippen LogP contribution in [0, 0.1) is 11.3 Å². The molecule has 0 aromatic rings. The summed E-state index contributed by atoms with van der Waals surface area (Å²) in [7, 11) is 0. The van der Waals surface area contributed by atoms with E-state index >= 15 is 0 Å². The van der Waals surface area contributed by atoms with E-state index in [9.17, 15) is 9.59 Å². The first-order valence-corrected chi connectivity index (χ1v) is 8.08. The van der Waals surface area contributed by atoms with Crippen molar-refractivity contribution < 1.29 is 14.7 Å². The maximum atomic E-state index is 12.1. The normalized spacial score (nSPS) is 22.0. The highest BCUT2D eigenvalue weighted by molar-refractivity contribution is 5.78. The van der Waals surface area contributed by atoms with E-state index in [4.69, 9.17) is 5.11 Å². The molecule has 0 aliphatic heterocycles. The molecule has 4 heteroatoms. The topological polar surface area (TPSA) is 66.4 Å². The van der Waals surface area contributed by atoms with Gasteiger partial charge in [0.2, 0.25) is 5.91 Å². The van der Waals surface area contributed by atoms with Crippen molar-refractivity contribution in [1.82, 2.24) is 5.32 Å². The average molecular weight is 281 g/mol. The lowest BCUT2D eigenvalue weighted by Crippen LogP contribution is -2.33. The molecule has 2 aliphatic rings. The zero-order chi connectivity index (χ0) is 14.4. The van der Waals surface area contributed by atoms with Gasteiger partial charge in [0.25, 0.3) is 0 Å². The summed E-state index contributed by atoms with van der Waals surface area (Å²) in [5.41, 5.74) is -0.275. The quantitative estimate of drug-likeness (QED) is 0.753. The van der Waals surface area contributed by atoms with Crippen molar-refractivity contribution >= 4 is 11.9 Å². The first kappa shape index (κ1) is 15.3. The molecular weight excluding hydrogens is 254 g/mol. The van der Waals surface area contributed by atoms with Gasteiger partial charge in [-0.1, -0.05) is 38.5 Å². The van der Waals surface area contributed by atoms with E-state index in [1.54, 1.807) is 0 Å². The van der Waals surface area contributed by atoms with Crippen molar-refractivity contribution in [3.8, 4) is 0 Å². The van der Waals surface area contributed by atoms with Crippen molar-refractivity contribution in [2.75, 3.05) is 6.54 Å². The summed E-state index contributed by atoms with van der Waals surface area (Å²) in [6, 6.07) is 0. The molecule has 0 unspecified atom stereocenters. The van der Waals surface area contributed by atoms with Crippen molar-refractivity contribution in [2.45, 2.75) is 70.6 Å². The Morgan fingerprint density at radius 3 is 2.30 bits per heavy atom. The smallest absolute Gasteiger partial charge is 0.303 e. The third-order valence-electron chi connectivity index (χ3n) is 5.08. The average Bonchev–Trinajstić information content (AvgIpc) is 3.00. The molecule has 0 heterocycles. The molecule has 2 saturated carbocycles. The summed E-state index contributed by atoms with van der Waals surface area (Å²) >= 11 is 0. The SMILES string of the molecule is O=C(O)CC1(CC(=O)NCCC2CCCC2)CCCC1. The van der Waals surface area contributed by atoms with Crippen LogP contribution in [0.2, 0.25) is 0 Å². The second-order valence-electron chi connectivity index (χ2n) is 6.74. The number of nitrogens with one attached hydrogen (secondary N) is 1. The Hall–Kier alpha value is -1.06. The zero-order valence-corrected chi connectivity index (χ0v) is 12.3. The highest BCUT2D eigenvalue weighted by Gasteiger charge is 2.37. The Bertz CT molecular complexity index is 342. The molecule has 0 radical (unpaired) electrons. The minimum Gasteiger partial charge on any atom is -0.481 e. The number of carboxylic acid groups (broad SMARTS) is 1. The van der Waals surface area contributed by atoms with Crippen molar-refractivity contribution in [1.29, 1.82) is 0 Å². The van der Waals surface area contributed by atoms with Gasteiger partial charge in [-0.25, -0.2) is 0 Å². The molecular formula is C16H27NO3. The van der Waals surface area contributed by atoms with E-state index in [1.165, 1.54) is 25.7 Å². The summed E-state index contributed by atoms with van der Waals surface area (Å²) in [6.45, 7) is 0.757. The molecule has 0 spiro atoms. The fourth-order valence-electron chi connectivity index (χ4n) is 3.98. The van der Waals surface area contributed by atoms with E-state index in [0.717, 1.165) is 44.6 Å². The summed E-state index contributed by atoms with van der Waals surface area (Å²) < 4.78 is 0. The van der Waals surface area contributed by atoms with Gasteiger partial charge in [0.05, 0.1) is 6.42 Å². The zero-order valence-electron chi connectivity index (χ0n) is 12.3. The minimum atomic E-state index is -0.773. The van der Waals surface area contributed by atoms with Gasteiger partial charge in [-0.15, -0.1) is 0 Å². The molecule has 0 saturated heterocycles. The second-order valence-corrected chi connectivity index (χ2v) is 6.74. The van der Waals surface area contributed by atoms with Crippen molar-refractivity contribution in [2.24, 2.45) is 11.3 Å². The number of rotatable bonds is 7. The molecule has 2 aliphatic carbocycles. The number of aliphatic carboxylic acids is 1. The molecule has 0 aromatic heterocycles. The maximum absolute atomic E-state index is 12.1. The molecule has 20 heavy (non-hydrogen) atoms. The predicted molar refractivity (Wildman–Crippen MR) is 77.4 cm³/mol. The first-order valence-electron chi connectivity index (χ1n) is 8.08. The third kappa shape index (κ3) is 4.50. The van der Waals surface area contributed by atoms with Crippen LogP contribution in [-0.2, 0) is 9.59 Å². The van der Waals surface area contributed by atoms with Crippen LogP contribution in [0.15, 0.2) is 0 Å². The fourth-order valence-corrected chi connectivity index (χ4v) is 3.98. The van der Waals surface area contributed by atoms with Crippen LogP contribution >= 0.6 is 0 Å². The molecule has 2 fully saturated rings. The molecule has 2 rings (SSSR count). The summed E-state index contributed by atoms with van der Waals surface area (Å²) in [4.78, 5) is 23.1. The monoisotopic (exact) mass is 281 g/mol. The van der Waals surface area contributed by atoms with E-state index in [2.05, 4.69) is 5.32 Å². The number of amides is 1. The lowest BCUT2D eigenvalue weighted by molar-refractivity contribution is -0.140. The van der Waals surface area contributed by atoms with Crippen LogP contribution in [0.3, 0.4) is 0 Å². The van der Waals surface area contributed by atoms with Crippen molar-refractivity contribution in [3.63, 3.8) is 0 Å². The highest BCUT2D eigenvalue weighted by atomic mass is 16.4. The van der Waals surface area contributed by atoms with E-state index in [1.807, 2.05) is 0 Å². The number of carboxylic acids is 1. The Balaban J connectivity index is 1.72. The number of carbonyl (C=O) groups excluding carboxylic acids is 1. The van der Waals surface area contributed by atoms with E-state index in [-0.39, 0.29) is 17.7 Å². The van der Waals surface area contributed by atoms with E-state index < -0.39 is 5.97 Å². The molecule has 4 nitrogen and oxygen atoms in total. The molecule has 1 amide bonds. The molecule has 2 N–H and O–H groups in total. The molecule has 0 aromatic carbocycles. The molecule has 0 atom stereocenters. The van der Waals surface area contributed by atoms with Gasteiger partial charge < -0.3 is 10.4 Å². The molecule has 114 valence electrons. The third-order valence-corrected chi connectivity index (χ3v) is 5.08. The van der Waals surface area contributed by atoms with Gasteiger partial charge in [-0.2, -0.15) is 0 Å². The van der Waals surface area contributed by atoms with Crippen LogP contribution in [0.25, 0.3) is 0 Å². The minimum absolute atomic E-state index is 0.0474. The number of carbonyl (C=O) groups is 2. The highest BCUT2D eigenvalue weighted by Crippen LogP contribution is 2.44. The lowest BCUT2D eigenvalue weighted by Gasteiger charge is -2.26. The van der Waals surface area contributed by atoms with Gasteiger partial charge in [-0.3, -0.25) is 9.59 Å². The van der Waals surface area contributed by atoms with Gasteiger partial charge in [0, 0.05) is 13.0 Å². The Kier molecular flexibility index (Phi) is 5.44. The number of hydrogen-bond acceptors (Lipinski definition) is 2. The van der Waals surface area contributed by atoms with Crippen LogP contribution in [0.5, 0.6) is 0 Å². The van der Waals surface area contributed by atoms with Crippen LogP contribution in [-0.4, -0.2) is 23.5 Å². The second kappa shape index (κ2) is 7.09. The summed E-state index contributed by atoms with van der Waals surface area (Å²) in [5, 5.41) is 12.0. The van der Waals surface area contributed by atoms with Gasteiger partial charge in [0.1, 0.15) is 0 Å². The maximum Gasteiger partial charge on any atom is 0.303 e. The van der Waals surface area contributed by atoms with Crippen molar-refractivity contribution in [3.05, 3.63) is 0 Å². The summed E-state index contributed by atoms with van der Waals surface area (Å²) in [5.74, 6) is 0.0616. The Labute approximate surface area is 121 Å². The summed E-state index contributed by atoms with van der Waals surface area (Å²) in [6.07, 6.45) is 10.8. The van der Waals surface area contributed by atoms with Gasteiger partial charge in [0.15, 0.2) is 0 Å². The van der Waals surface area contributed by atoms with Gasteiger partial charge >= 0.3 is 5.97 Å². The lowest BCUT2D eigenvalue weighted by atomic mass is 9.79. The fraction of sp³-hybridized carbons (Fsp3) is 0.875. The molecule has 0 bridgehead atoms. The van der Waals surface area contributed by atoms with Crippen LogP contribution in [0.1, 0.15) is 70.6 Å². The van der Waals surface area contributed by atoms with Gasteiger partial charge in [-0.05, 0) is 30.6 Å².